The van der Waals surface area contributed by atoms with Crippen molar-refractivity contribution in [3.8, 4) is 28.1 Å². The number of rotatable bonds is 6. The van der Waals surface area contributed by atoms with Gasteiger partial charge in [0.05, 0.1) is 24.1 Å². The van der Waals surface area contributed by atoms with Gasteiger partial charge in [-0.15, -0.1) is 0 Å². The number of nitrogens with zero attached hydrogens (tertiary/aromatic N) is 5. The molecule has 0 unspecified atom stereocenters. The minimum Gasteiger partial charge on any atom is -0.496 e. The van der Waals surface area contributed by atoms with E-state index in [4.69, 9.17) is 10.5 Å². The zero-order valence-corrected chi connectivity index (χ0v) is 20.7. The molecule has 35 heavy (non-hydrogen) atoms. The normalized spacial score (nSPS) is 14.7. The van der Waals surface area contributed by atoms with Crippen LogP contribution >= 0.6 is 0 Å². The maximum atomic E-state index is 13.3. The summed E-state index contributed by atoms with van der Waals surface area (Å²) in [5, 5.41) is 10.2. The second-order valence-electron chi connectivity index (χ2n) is 9.06. The molecular weight excluding hydrogens is 444 g/mol. The average Bonchev–Trinajstić information content (AvgIpc) is 2.87. The van der Waals surface area contributed by atoms with Crippen molar-refractivity contribution in [2.75, 3.05) is 39.0 Å². The Morgan fingerprint density at radius 1 is 1.09 bits per heavy atom. The molecule has 9 nitrogen and oxygen atoms in total. The van der Waals surface area contributed by atoms with E-state index in [9.17, 15) is 9.90 Å². The molecule has 3 heterocycles. The SMILES string of the molecule is CCc1ncnc(-c2ccc(C(=O)N3CCN(C(C)(C)O)CC3)c(OC)c2)c1-c1ccc(N)nc1. The van der Waals surface area contributed by atoms with Crippen molar-refractivity contribution in [3.05, 3.63) is 54.1 Å². The Hall–Kier alpha value is -3.56. The largest absolute Gasteiger partial charge is 0.496 e. The van der Waals surface area contributed by atoms with E-state index in [1.54, 1.807) is 50.5 Å². The second-order valence-corrected chi connectivity index (χ2v) is 9.06. The fraction of sp³-hybridized carbons (Fsp3) is 0.385. The molecule has 0 saturated carbocycles. The molecule has 1 aliphatic heterocycles. The zero-order valence-electron chi connectivity index (χ0n) is 20.7. The quantitative estimate of drug-likeness (QED) is 0.558. The number of hydrogen-bond acceptors (Lipinski definition) is 8. The van der Waals surface area contributed by atoms with E-state index in [1.807, 2.05) is 30.0 Å². The maximum Gasteiger partial charge on any atom is 0.257 e. The summed E-state index contributed by atoms with van der Waals surface area (Å²) < 4.78 is 5.64. The molecule has 0 radical (unpaired) electrons. The fourth-order valence-corrected chi connectivity index (χ4v) is 4.41. The summed E-state index contributed by atoms with van der Waals surface area (Å²) in [5.41, 5.74) is 9.58. The average molecular weight is 477 g/mol. The highest BCUT2D eigenvalue weighted by Gasteiger charge is 2.30. The molecule has 184 valence electrons. The first-order valence-corrected chi connectivity index (χ1v) is 11.7. The van der Waals surface area contributed by atoms with E-state index in [2.05, 4.69) is 15.0 Å². The van der Waals surface area contributed by atoms with E-state index in [0.29, 0.717) is 43.3 Å². The number of nitrogens with two attached hydrogens (primary N) is 1. The lowest BCUT2D eigenvalue weighted by Gasteiger charge is -2.41. The second kappa shape index (κ2) is 9.97. The summed E-state index contributed by atoms with van der Waals surface area (Å²) in [6, 6.07) is 9.18. The van der Waals surface area contributed by atoms with Crippen molar-refractivity contribution < 1.29 is 14.6 Å². The van der Waals surface area contributed by atoms with Gasteiger partial charge in [0.2, 0.25) is 0 Å². The number of aliphatic hydroxyl groups is 1. The van der Waals surface area contributed by atoms with E-state index in [0.717, 1.165) is 34.5 Å². The molecular formula is C26H32N6O3. The minimum atomic E-state index is -0.902. The standard InChI is InChI=1S/C26H32N6O3/c1-5-20-23(18-7-9-22(27)28-15-18)24(30-16-29-20)17-6-8-19(21(14-17)35-4)25(33)31-10-12-32(13-11-31)26(2,3)34/h6-9,14-16,34H,5,10-13H2,1-4H3,(H2,27,28). The van der Waals surface area contributed by atoms with Gasteiger partial charge < -0.3 is 20.5 Å². The molecule has 4 rings (SSSR count). The molecule has 3 aromatic rings. The number of carbonyl (C=O) groups is 1. The van der Waals surface area contributed by atoms with Crippen LogP contribution in [0, 0.1) is 0 Å². The van der Waals surface area contributed by atoms with Gasteiger partial charge in [0.25, 0.3) is 5.91 Å². The predicted octanol–water partition coefficient (Wildman–Crippen LogP) is 2.85. The number of pyridine rings is 1. The van der Waals surface area contributed by atoms with Crippen LogP contribution < -0.4 is 10.5 Å². The lowest BCUT2D eigenvalue weighted by molar-refractivity contribution is -0.0930. The smallest absolute Gasteiger partial charge is 0.257 e. The van der Waals surface area contributed by atoms with Crippen molar-refractivity contribution in [2.45, 2.75) is 32.9 Å². The first-order valence-electron chi connectivity index (χ1n) is 11.7. The number of ether oxygens (including phenoxy) is 1. The van der Waals surface area contributed by atoms with Crippen molar-refractivity contribution in [1.82, 2.24) is 24.8 Å². The van der Waals surface area contributed by atoms with Crippen LogP contribution in [0.25, 0.3) is 22.4 Å². The summed E-state index contributed by atoms with van der Waals surface area (Å²) in [5.74, 6) is 0.831. The molecule has 0 aliphatic carbocycles. The van der Waals surface area contributed by atoms with Gasteiger partial charge in [-0.2, -0.15) is 0 Å². The number of piperazine rings is 1. The van der Waals surface area contributed by atoms with Crippen molar-refractivity contribution in [1.29, 1.82) is 0 Å². The van der Waals surface area contributed by atoms with Crippen LogP contribution in [0.15, 0.2) is 42.9 Å². The molecule has 0 atom stereocenters. The number of aromatic nitrogens is 3. The van der Waals surface area contributed by atoms with Gasteiger partial charge in [-0.05, 0) is 44.5 Å². The van der Waals surface area contributed by atoms with Gasteiger partial charge in [0, 0.05) is 49.1 Å². The highest BCUT2D eigenvalue weighted by Crippen LogP contribution is 2.35. The van der Waals surface area contributed by atoms with Crippen molar-refractivity contribution in [3.63, 3.8) is 0 Å². The fourth-order valence-electron chi connectivity index (χ4n) is 4.41. The Morgan fingerprint density at radius 2 is 1.80 bits per heavy atom. The number of amides is 1. The lowest BCUT2D eigenvalue weighted by Crippen LogP contribution is -2.55. The number of aryl methyl sites for hydroxylation is 1. The third kappa shape index (κ3) is 5.11. The lowest BCUT2D eigenvalue weighted by atomic mass is 9.96. The molecule has 1 fully saturated rings. The molecule has 1 aromatic carbocycles. The molecule has 1 saturated heterocycles. The van der Waals surface area contributed by atoms with Gasteiger partial charge in [-0.1, -0.05) is 13.0 Å². The Balaban J connectivity index is 1.67. The predicted molar refractivity (Wildman–Crippen MR) is 135 cm³/mol. The molecule has 9 heteroatoms. The van der Waals surface area contributed by atoms with Crippen LogP contribution in [0.3, 0.4) is 0 Å². The topological polar surface area (TPSA) is 118 Å². The van der Waals surface area contributed by atoms with Gasteiger partial charge in [0.15, 0.2) is 0 Å². The van der Waals surface area contributed by atoms with E-state index in [-0.39, 0.29) is 5.91 Å². The number of nitrogen functional groups attached to an aromatic ring is 1. The Morgan fingerprint density at radius 3 is 2.40 bits per heavy atom. The first-order chi connectivity index (χ1) is 16.7. The summed E-state index contributed by atoms with van der Waals surface area (Å²) in [7, 11) is 1.56. The van der Waals surface area contributed by atoms with Crippen LogP contribution in [0.1, 0.15) is 36.8 Å². The molecule has 0 bridgehead atoms. The summed E-state index contributed by atoms with van der Waals surface area (Å²) >= 11 is 0. The number of benzene rings is 1. The number of methoxy groups -OCH3 is 1. The number of carbonyl (C=O) groups excluding carboxylic acids is 1. The van der Waals surface area contributed by atoms with Crippen molar-refractivity contribution in [2.24, 2.45) is 0 Å². The highest BCUT2D eigenvalue weighted by atomic mass is 16.5. The van der Waals surface area contributed by atoms with Gasteiger partial charge >= 0.3 is 0 Å². The maximum absolute atomic E-state index is 13.3. The molecule has 3 N–H and O–H groups in total. The molecule has 1 aliphatic rings. The number of hydrogen-bond donors (Lipinski definition) is 2. The zero-order chi connectivity index (χ0) is 25.2. The van der Waals surface area contributed by atoms with E-state index >= 15 is 0 Å². The van der Waals surface area contributed by atoms with Gasteiger partial charge in [-0.25, -0.2) is 15.0 Å². The molecule has 0 spiro atoms. The molecule has 1 amide bonds. The monoisotopic (exact) mass is 476 g/mol. The van der Waals surface area contributed by atoms with E-state index in [1.165, 1.54) is 0 Å². The van der Waals surface area contributed by atoms with Crippen LogP contribution in [-0.4, -0.2) is 74.8 Å². The highest BCUT2D eigenvalue weighted by molar-refractivity contribution is 5.98. The van der Waals surface area contributed by atoms with Crippen molar-refractivity contribution >= 4 is 11.7 Å². The van der Waals surface area contributed by atoms with E-state index < -0.39 is 5.72 Å². The third-order valence-electron chi connectivity index (χ3n) is 6.38. The summed E-state index contributed by atoms with van der Waals surface area (Å²) in [6.45, 7) is 7.85. The Labute approximate surface area is 205 Å². The summed E-state index contributed by atoms with van der Waals surface area (Å²) in [4.78, 5) is 30.4. The summed E-state index contributed by atoms with van der Waals surface area (Å²) in [6.07, 6.45) is 3.99. The Kier molecular flexibility index (Phi) is 7.00. The third-order valence-corrected chi connectivity index (χ3v) is 6.38. The minimum absolute atomic E-state index is 0.0938. The van der Waals surface area contributed by atoms with Gasteiger partial charge in [-0.3, -0.25) is 9.69 Å². The van der Waals surface area contributed by atoms with Gasteiger partial charge in [0.1, 0.15) is 23.6 Å². The molecule has 2 aromatic heterocycles. The van der Waals surface area contributed by atoms with Crippen LogP contribution in [0.2, 0.25) is 0 Å². The number of anilines is 1. The van der Waals surface area contributed by atoms with Crippen LogP contribution in [-0.2, 0) is 6.42 Å². The van der Waals surface area contributed by atoms with Crippen LogP contribution in [0.5, 0.6) is 5.75 Å². The van der Waals surface area contributed by atoms with Crippen LogP contribution in [0.4, 0.5) is 5.82 Å². The first kappa shape index (κ1) is 24.6. The Bertz CT molecular complexity index is 1200.